The first-order valence-electron chi connectivity index (χ1n) is 6.16. The van der Waals surface area contributed by atoms with Crippen molar-refractivity contribution in [1.82, 2.24) is 4.72 Å². The summed E-state index contributed by atoms with van der Waals surface area (Å²) in [5.74, 6) is 0. The van der Waals surface area contributed by atoms with E-state index in [2.05, 4.69) is 4.72 Å². The number of hydrogen-bond donors (Lipinski definition) is 2. The standard InChI is InChI=1S/C12H17N3O2S/c1-8-6-9-4-5-15(12(9)7-11(8)13)18(16,17)14-10-2-3-10/h6-7,10,14H,2-5,13H2,1H3. The first kappa shape index (κ1) is 11.8. The molecular weight excluding hydrogens is 250 g/mol. The number of nitrogens with zero attached hydrogens (tertiary/aromatic N) is 1. The molecule has 1 fully saturated rings. The van der Waals surface area contributed by atoms with Crippen molar-refractivity contribution >= 4 is 21.6 Å². The summed E-state index contributed by atoms with van der Waals surface area (Å²) in [6.45, 7) is 2.44. The molecule has 3 rings (SSSR count). The molecule has 1 saturated carbocycles. The molecule has 5 nitrogen and oxygen atoms in total. The third-order valence-electron chi connectivity index (χ3n) is 3.50. The lowest BCUT2D eigenvalue weighted by atomic mass is 10.1. The molecule has 0 bridgehead atoms. The number of rotatable bonds is 3. The first-order valence-corrected chi connectivity index (χ1v) is 7.60. The highest BCUT2D eigenvalue weighted by atomic mass is 32.2. The van der Waals surface area contributed by atoms with Gasteiger partial charge in [0, 0.05) is 18.3 Å². The first-order chi connectivity index (χ1) is 8.47. The molecule has 18 heavy (non-hydrogen) atoms. The average molecular weight is 267 g/mol. The van der Waals surface area contributed by atoms with Crippen LogP contribution in [0.25, 0.3) is 0 Å². The van der Waals surface area contributed by atoms with E-state index in [1.165, 1.54) is 4.31 Å². The lowest BCUT2D eigenvalue weighted by molar-refractivity contribution is 0.577. The van der Waals surface area contributed by atoms with E-state index < -0.39 is 10.2 Å². The van der Waals surface area contributed by atoms with Crippen LogP contribution >= 0.6 is 0 Å². The van der Waals surface area contributed by atoms with Crippen LogP contribution in [0, 0.1) is 6.92 Å². The van der Waals surface area contributed by atoms with E-state index in [-0.39, 0.29) is 6.04 Å². The van der Waals surface area contributed by atoms with Gasteiger partial charge in [0.15, 0.2) is 0 Å². The third-order valence-corrected chi connectivity index (χ3v) is 5.09. The van der Waals surface area contributed by atoms with Gasteiger partial charge in [-0.05, 0) is 43.4 Å². The summed E-state index contributed by atoms with van der Waals surface area (Å²) in [4.78, 5) is 0. The van der Waals surface area contributed by atoms with Gasteiger partial charge in [-0.3, -0.25) is 4.31 Å². The maximum absolute atomic E-state index is 12.2. The summed E-state index contributed by atoms with van der Waals surface area (Å²) < 4.78 is 28.6. The molecule has 1 aliphatic heterocycles. The topological polar surface area (TPSA) is 75.4 Å². The predicted octanol–water partition coefficient (Wildman–Crippen LogP) is 0.937. The summed E-state index contributed by atoms with van der Waals surface area (Å²) in [5, 5.41) is 0. The Morgan fingerprint density at radius 3 is 2.78 bits per heavy atom. The lowest BCUT2D eigenvalue weighted by Gasteiger charge is -2.20. The fraction of sp³-hybridized carbons (Fsp3) is 0.500. The van der Waals surface area contributed by atoms with Crippen molar-refractivity contribution in [3.63, 3.8) is 0 Å². The zero-order valence-corrected chi connectivity index (χ0v) is 11.1. The fourth-order valence-electron chi connectivity index (χ4n) is 2.27. The van der Waals surface area contributed by atoms with Crippen molar-refractivity contribution in [2.45, 2.75) is 32.2 Å². The van der Waals surface area contributed by atoms with Gasteiger partial charge in [-0.1, -0.05) is 6.07 Å². The second-order valence-electron chi connectivity index (χ2n) is 5.06. The molecule has 1 aromatic carbocycles. The van der Waals surface area contributed by atoms with Gasteiger partial charge in [-0.15, -0.1) is 0 Å². The van der Waals surface area contributed by atoms with Gasteiger partial charge in [0.05, 0.1) is 5.69 Å². The number of benzene rings is 1. The number of nitrogens with two attached hydrogens (primary N) is 1. The highest BCUT2D eigenvalue weighted by molar-refractivity contribution is 7.90. The van der Waals surface area contributed by atoms with Crippen LogP contribution in [0.5, 0.6) is 0 Å². The smallest absolute Gasteiger partial charge is 0.301 e. The number of nitrogen functional groups attached to an aromatic ring is 1. The van der Waals surface area contributed by atoms with Crippen molar-refractivity contribution in [3.8, 4) is 0 Å². The minimum absolute atomic E-state index is 0.127. The monoisotopic (exact) mass is 267 g/mol. The van der Waals surface area contributed by atoms with Gasteiger partial charge in [-0.2, -0.15) is 13.1 Å². The quantitative estimate of drug-likeness (QED) is 0.800. The Balaban J connectivity index is 1.96. The van der Waals surface area contributed by atoms with Crippen molar-refractivity contribution in [2.24, 2.45) is 0 Å². The van der Waals surface area contributed by atoms with E-state index in [4.69, 9.17) is 5.73 Å². The number of nitrogens with one attached hydrogen (secondary N) is 1. The molecule has 0 amide bonds. The Kier molecular flexibility index (Phi) is 2.53. The molecule has 0 radical (unpaired) electrons. The summed E-state index contributed by atoms with van der Waals surface area (Å²) >= 11 is 0. The van der Waals surface area contributed by atoms with Gasteiger partial charge < -0.3 is 5.73 Å². The van der Waals surface area contributed by atoms with E-state index in [0.717, 1.165) is 36.1 Å². The fourth-order valence-corrected chi connectivity index (χ4v) is 3.82. The van der Waals surface area contributed by atoms with Gasteiger partial charge in [0.1, 0.15) is 0 Å². The largest absolute Gasteiger partial charge is 0.398 e. The maximum atomic E-state index is 12.2. The number of hydrogen-bond acceptors (Lipinski definition) is 3. The second-order valence-corrected chi connectivity index (χ2v) is 6.68. The highest BCUT2D eigenvalue weighted by Gasteiger charge is 2.34. The van der Waals surface area contributed by atoms with Crippen LogP contribution in [0.4, 0.5) is 11.4 Å². The predicted molar refractivity (Wildman–Crippen MR) is 71.7 cm³/mol. The Morgan fingerprint density at radius 2 is 2.11 bits per heavy atom. The Morgan fingerprint density at radius 1 is 1.39 bits per heavy atom. The summed E-state index contributed by atoms with van der Waals surface area (Å²) in [6, 6.07) is 3.88. The molecular formula is C12H17N3O2S. The molecule has 6 heteroatoms. The van der Waals surface area contributed by atoms with Crippen LogP contribution in [0.1, 0.15) is 24.0 Å². The SMILES string of the molecule is Cc1cc2c(cc1N)N(S(=O)(=O)NC1CC1)CC2. The summed E-state index contributed by atoms with van der Waals surface area (Å²) in [6.07, 6.45) is 2.63. The van der Waals surface area contributed by atoms with E-state index in [0.29, 0.717) is 12.2 Å². The summed E-state index contributed by atoms with van der Waals surface area (Å²) in [7, 11) is -3.41. The van der Waals surface area contributed by atoms with Crippen LogP contribution in [0.3, 0.4) is 0 Å². The molecule has 1 aliphatic carbocycles. The highest BCUT2D eigenvalue weighted by Crippen LogP contribution is 2.34. The molecule has 2 aliphatic rings. The Hall–Kier alpha value is -1.27. The lowest BCUT2D eigenvalue weighted by Crippen LogP contribution is -2.40. The van der Waals surface area contributed by atoms with Crippen molar-refractivity contribution < 1.29 is 8.42 Å². The van der Waals surface area contributed by atoms with E-state index in [9.17, 15) is 8.42 Å². The molecule has 0 unspecified atom stereocenters. The van der Waals surface area contributed by atoms with Crippen LogP contribution in [0.2, 0.25) is 0 Å². The molecule has 0 spiro atoms. The molecule has 0 atom stereocenters. The third kappa shape index (κ3) is 1.95. The zero-order valence-electron chi connectivity index (χ0n) is 10.3. The average Bonchev–Trinajstić information content (AvgIpc) is 2.98. The van der Waals surface area contributed by atoms with Crippen LogP contribution < -0.4 is 14.8 Å². The van der Waals surface area contributed by atoms with Gasteiger partial charge in [0.2, 0.25) is 0 Å². The minimum Gasteiger partial charge on any atom is -0.398 e. The Bertz CT molecular complexity index is 594. The number of fused-ring (bicyclic) bond motifs is 1. The van der Waals surface area contributed by atoms with Crippen molar-refractivity contribution in [2.75, 3.05) is 16.6 Å². The van der Waals surface area contributed by atoms with Gasteiger partial charge in [0.25, 0.3) is 0 Å². The normalized spacial score (nSPS) is 19.1. The van der Waals surface area contributed by atoms with Gasteiger partial charge >= 0.3 is 10.2 Å². The number of aryl methyl sites for hydroxylation is 1. The molecule has 0 aromatic heterocycles. The van der Waals surface area contributed by atoms with Crippen LogP contribution in [-0.4, -0.2) is 21.0 Å². The maximum Gasteiger partial charge on any atom is 0.301 e. The Labute approximate surface area is 107 Å². The summed E-state index contributed by atoms with van der Waals surface area (Å²) in [5.41, 5.74) is 9.30. The molecule has 98 valence electrons. The zero-order chi connectivity index (χ0) is 12.9. The minimum atomic E-state index is -3.41. The van der Waals surface area contributed by atoms with E-state index >= 15 is 0 Å². The molecule has 3 N–H and O–H groups in total. The number of anilines is 2. The van der Waals surface area contributed by atoms with Crippen molar-refractivity contribution in [1.29, 1.82) is 0 Å². The van der Waals surface area contributed by atoms with Crippen LogP contribution in [0.15, 0.2) is 12.1 Å². The van der Waals surface area contributed by atoms with E-state index in [1.807, 2.05) is 13.0 Å². The van der Waals surface area contributed by atoms with Crippen LogP contribution in [-0.2, 0) is 16.6 Å². The van der Waals surface area contributed by atoms with E-state index in [1.54, 1.807) is 6.07 Å². The second kappa shape index (κ2) is 3.86. The molecule has 0 saturated heterocycles. The van der Waals surface area contributed by atoms with Crippen molar-refractivity contribution in [3.05, 3.63) is 23.3 Å². The van der Waals surface area contributed by atoms with Gasteiger partial charge in [-0.25, -0.2) is 0 Å². The molecule has 1 heterocycles. The molecule has 1 aromatic rings.